The van der Waals surface area contributed by atoms with Gasteiger partial charge < -0.3 is 15.0 Å². The van der Waals surface area contributed by atoms with Crippen molar-refractivity contribution in [3.8, 4) is 0 Å². The second-order valence-corrected chi connectivity index (χ2v) is 5.51. The second kappa shape index (κ2) is 5.09. The molecule has 0 saturated heterocycles. The number of hydrogen-bond acceptors (Lipinski definition) is 2. The van der Waals surface area contributed by atoms with Crippen LogP contribution in [-0.4, -0.2) is 29.4 Å². The van der Waals surface area contributed by atoms with E-state index in [1.54, 1.807) is 0 Å². The lowest BCUT2D eigenvalue weighted by Gasteiger charge is -2.42. The number of fused-ring (bicyclic) bond motifs is 1. The molecular formula is C14H25NO2. The molecule has 0 bridgehead atoms. The molecule has 1 fully saturated rings. The van der Waals surface area contributed by atoms with E-state index in [-0.39, 0.29) is 4.65 Å². The molecule has 0 aliphatic heterocycles. The average molecular weight is 239 g/mol. The molecule has 0 spiro atoms. The Morgan fingerprint density at radius 3 is 2.53 bits per heavy atom. The van der Waals surface area contributed by atoms with Crippen molar-refractivity contribution in [2.24, 2.45) is 17.8 Å². The summed E-state index contributed by atoms with van der Waals surface area (Å²) in [6, 6.07) is 0. The maximum absolute atomic E-state index is 12.6. The van der Waals surface area contributed by atoms with E-state index < -0.39 is 0 Å². The lowest BCUT2D eigenvalue weighted by Crippen LogP contribution is -2.40. The molecule has 3 atom stereocenters. The van der Waals surface area contributed by atoms with E-state index >= 15 is 0 Å². The van der Waals surface area contributed by atoms with Crippen LogP contribution in [-0.2, 0) is 0 Å². The third kappa shape index (κ3) is 2.42. The zero-order chi connectivity index (χ0) is 12.5. The summed E-state index contributed by atoms with van der Waals surface area (Å²) in [6.07, 6.45) is 6.40. The fraction of sp³-hybridized carbons (Fsp3) is 0.857. The molecule has 0 amide bonds. The maximum atomic E-state index is 12.6. The largest absolute Gasteiger partial charge is 0.628 e. The highest BCUT2D eigenvalue weighted by molar-refractivity contribution is 5.05. The summed E-state index contributed by atoms with van der Waals surface area (Å²) in [5.41, 5.74) is 1.08. The summed E-state index contributed by atoms with van der Waals surface area (Å²) in [5, 5.41) is 21.8. The molecule has 1 saturated carbocycles. The van der Waals surface area contributed by atoms with Gasteiger partial charge in [0.15, 0.2) is 0 Å². The fourth-order valence-corrected chi connectivity index (χ4v) is 3.51. The van der Waals surface area contributed by atoms with Gasteiger partial charge in [-0.2, -0.15) is 0 Å². The van der Waals surface area contributed by atoms with Crippen LogP contribution in [0.1, 0.15) is 39.5 Å². The zero-order valence-corrected chi connectivity index (χ0v) is 11.1. The van der Waals surface area contributed by atoms with Gasteiger partial charge in [-0.3, -0.25) is 0 Å². The van der Waals surface area contributed by atoms with Crippen LogP contribution in [0.5, 0.6) is 0 Å². The number of hydrogen-bond donors (Lipinski definition) is 1. The Morgan fingerprint density at radius 1 is 1.29 bits per heavy atom. The number of aliphatic hydroxyl groups is 1. The summed E-state index contributed by atoms with van der Waals surface area (Å²) in [4.78, 5) is 0. The molecule has 0 aromatic rings. The SMILES string of the molecule is CC[N+]([O-])(CC)/C1=C/CC[C@@H]2[C@H](CO)[C@@H]2CC1. The van der Waals surface area contributed by atoms with Crippen molar-refractivity contribution >= 4 is 0 Å². The van der Waals surface area contributed by atoms with E-state index in [9.17, 15) is 10.3 Å². The quantitative estimate of drug-likeness (QED) is 0.605. The van der Waals surface area contributed by atoms with Crippen molar-refractivity contribution < 1.29 is 9.75 Å². The lowest BCUT2D eigenvalue weighted by atomic mass is 10.0. The first kappa shape index (κ1) is 13.1. The lowest BCUT2D eigenvalue weighted by molar-refractivity contribution is -0.840. The number of aliphatic hydroxyl groups excluding tert-OH is 1. The van der Waals surface area contributed by atoms with Gasteiger partial charge in [0.25, 0.3) is 0 Å². The van der Waals surface area contributed by atoms with E-state index in [0.29, 0.717) is 31.5 Å². The molecule has 2 rings (SSSR count). The molecule has 3 nitrogen and oxygen atoms in total. The van der Waals surface area contributed by atoms with Gasteiger partial charge in [-0.1, -0.05) is 0 Å². The van der Waals surface area contributed by atoms with Gasteiger partial charge in [0.05, 0.1) is 13.1 Å². The van der Waals surface area contributed by atoms with E-state index in [0.717, 1.165) is 37.3 Å². The molecule has 2 aliphatic carbocycles. The van der Waals surface area contributed by atoms with Crippen LogP contribution in [0.2, 0.25) is 0 Å². The molecule has 0 aromatic heterocycles. The van der Waals surface area contributed by atoms with Crippen LogP contribution >= 0.6 is 0 Å². The van der Waals surface area contributed by atoms with Crippen LogP contribution in [0.25, 0.3) is 0 Å². The van der Waals surface area contributed by atoms with Crippen molar-refractivity contribution in [1.29, 1.82) is 0 Å². The fourth-order valence-electron chi connectivity index (χ4n) is 3.51. The Kier molecular flexibility index (Phi) is 3.91. The van der Waals surface area contributed by atoms with Gasteiger partial charge in [-0.05, 0) is 56.9 Å². The second-order valence-electron chi connectivity index (χ2n) is 5.51. The molecule has 0 aromatic carbocycles. The standard InChI is InChI=1S/C14H25NO2/c1-3-15(17,4-2)11-6-5-7-12-13(9-8-11)14(12)10-16/h6,12-14,16H,3-5,7-10H2,1-2H3/b11-6+/t12-,13+,14-/m0/s1. The normalized spacial score (nSPS) is 36.5. The first-order valence-corrected chi connectivity index (χ1v) is 7.04. The monoisotopic (exact) mass is 239 g/mol. The Labute approximate surface area is 104 Å². The Bertz CT molecular complexity index is 297. The van der Waals surface area contributed by atoms with Crippen molar-refractivity contribution in [1.82, 2.24) is 0 Å². The zero-order valence-electron chi connectivity index (χ0n) is 11.1. The molecule has 17 heavy (non-hydrogen) atoms. The van der Waals surface area contributed by atoms with Gasteiger partial charge in [0.2, 0.25) is 0 Å². The van der Waals surface area contributed by atoms with Crippen LogP contribution in [0.3, 0.4) is 0 Å². The third-order valence-corrected chi connectivity index (χ3v) is 4.88. The van der Waals surface area contributed by atoms with E-state index in [1.165, 1.54) is 0 Å². The van der Waals surface area contributed by atoms with Gasteiger partial charge in [0, 0.05) is 13.0 Å². The third-order valence-electron chi connectivity index (χ3n) is 4.88. The highest BCUT2D eigenvalue weighted by Gasteiger charge is 2.48. The minimum atomic E-state index is -0.138. The number of allylic oxidation sites excluding steroid dienone is 2. The topological polar surface area (TPSA) is 43.3 Å². The highest BCUT2D eigenvalue weighted by atomic mass is 16.5. The minimum absolute atomic E-state index is 0.138. The van der Waals surface area contributed by atoms with Crippen molar-refractivity contribution in [2.45, 2.75) is 39.5 Å². The smallest absolute Gasteiger partial charge is 0.105 e. The van der Waals surface area contributed by atoms with Crippen LogP contribution < -0.4 is 0 Å². The first-order chi connectivity index (χ1) is 8.16. The molecule has 2 aliphatic rings. The summed E-state index contributed by atoms with van der Waals surface area (Å²) in [7, 11) is 0. The maximum Gasteiger partial charge on any atom is 0.105 e. The summed E-state index contributed by atoms with van der Waals surface area (Å²) >= 11 is 0. The van der Waals surface area contributed by atoms with Gasteiger partial charge in [0.1, 0.15) is 5.70 Å². The average Bonchev–Trinajstić information content (AvgIpc) is 2.99. The van der Waals surface area contributed by atoms with Gasteiger partial charge in [-0.15, -0.1) is 0 Å². The predicted octanol–water partition coefficient (Wildman–Crippen LogP) is 2.65. The Hall–Kier alpha value is -0.380. The number of hydroxylamine groups is 3. The first-order valence-electron chi connectivity index (χ1n) is 7.04. The molecular weight excluding hydrogens is 214 g/mol. The van der Waals surface area contributed by atoms with Crippen molar-refractivity contribution in [3.05, 3.63) is 17.0 Å². The predicted molar refractivity (Wildman–Crippen MR) is 68.8 cm³/mol. The molecule has 1 N–H and O–H groups in total. The summed E-state index contributed by atoms with van der Waals surface area (Å²) in [6.45, 7) is 5.57. The minimum Gasteiger partial charge on any atom is -0.628 e. The number of rotatable bonds is 4. The van der Waals surface area contributed by atoms with Crippen LogP contribution in [0, 0.1) is 23.0 Å². The van der Waals surface area contributed by atoms with Gasteiger partial charge in [-0.25, -0.2) is 0 Å². The van der Waals surface area contributed by atoms with Crippen molar-refractivity contribution in [2.75, 3.05) is 19.7 Å². The molecule has 0 radical (unpaired) electrons. The summed E-state index contributed by atoms with van der Waals surface area (Å²) < 4.78 is -0.138. The van der Waals surface area contributed by atoms with E-state index in [2.05, 4.69) is 6.08 Å². The molecule has 0 unspecified atom stereocenters. The molecule has 3 heteroatoms. The van der Waals surface area contributed by atoms with Crippen molar-refractivity contribution in [3.63, 3.8) is 0 Å². The molecule has 0 heterocycles. The van der Waals surface area contributed by atoms with Crippen LogP contribution in [0.15, 0.2) is 11.8 Å². The van der Waals surface area contributed by atoms with Gasteiger partial charge >= 0.3 is 0 Å². The van der Waals surface area contributed by atoms with E-state index in [1.807, 2.05) is 13.8 Å². The summed E-state index contributed by atoms with van der Waals surface area (Å²) in [5.74, 6) is 1.94. The highest BCUT2D eigenvalue weighted by Crippen LogP contribution is 2.53. The van der Waals surface area contributed by atoms with Crippen LogP contribution in [0.4, 0.5) is 0 Å². The Balaban J connectivity index is 2.02. The number of quaternary nitrogens is 1. The Morgan fingerprint density at radius 2 is 1.94 bits per heavy atom. The number of nitrogens with zero attached hydrogens (tertiary/aromatic N) is 1. The van der Waals surface area contributed by atoms with E-state index in [4.69, 9.17) is 0 Å². The molecule has 98 valence electrons.